The van der Waals surface area contributed by atoms with E-state index in [1.165, 1.54) is 19.1 Å². The maximum absolute atomic E-state index is 11.2. The summed E-state index contributed by atoms with van der Waals surface area (Å²) in [6.45, 7) is 3.14. The maximum atomic E-state index is 11.2. The van der Waals surface area contributed by atoms with Crippen molar-refractivity contribution < 1.29 is 4.79 Å². The van der Waals surface area contributed by atoms with Crippen LogP contribution in [-0.4, -0.2) is 36.9 Å². The van der Waals surface area contributed by atoms with Crippen LogP contribution in [0.2, 0.25) is 0 Å². The highest BCUT2D eigenvalue weighted by Crippen LogP contribution is 2.37. The van der Waals surface area contributed by atoms with Crippen molar-refractivity contribution in [2.24, 2.45) is 11.1 Å². The second-order valence-corrected chi connectivity index (χ2v) is 5.30. The zero-order chi connectivity index (χ0) is 10.7. The number of likely N-dealkylation sites (tertiary alicyclic amines) is 1. The van der Waals surface area contributed by atoms with E-state index in [2.05, 4.69) is 4.90 Å². The number of aldehydes is 1. The van der Waals surface area contributed by atoms with E-state index < -0.39 is 0 Å². The number of nitrogens with zero attached hydrogens (tertiary/aromatic N) is 1. The summed E-state index contributed by atoms with van der Waals surface area (Å²) in [5.41, 5.74) is 5.86. The lowest BCUT2D eigenvalue weighted by Crippen LogP contribution is -2.44. The Balaban J connectivity index is 1.87. The van der Waals surface area contributed by atoms with E-state index in [9.17, 15) is 4.79 Å². The lowest BCUT2D eigenvalue weighted by atomic mass is 9.86. The molecule has 2 rings (SSSR count). The summed E-state index contributed by atoms with van der Waals surface area (Å²) in [6, 6.07) is 0.386. The van der Waals surface area contributed by atoms with E-state index in [1.54, 1.807) is 0 Å². The normalized spacial score (nSPS) is 28.1. The van der Waals surface area contributed by atoms with Crippen LogP contribution in [0.4, 0.5) is 0 Å². The lowest BCUT2D eigenvalue weighted by Gasteiger charge is -2.35. The average molecular weight is 210 g/mol. The number of rotatable bonds is 3. The van der Waals surface area contributed by atoms with E-state index in [0.29, 0.717) is 6.04 Å². The molecule has 2 aliphatic rings. The zero-order valence-corrected chi connectivity index (χ0v) is 9.45. The molecule has 1 aliphatic heterocycles. The maximum Gasteiger partial charge on any atom is 0.127 e. The Labute approximate surface area is 92.0 Å². The molecule has 0 unspecified atom stereocenters. The van der Waals surface area contributed by atoms with E-state index in [-0.39, 0.29) is 5.41 Å². The van der Waals surface area contributed by atoms with Crippen LogP contribution in [0.1, 0.15) is 38.5 Å². The van der Waals surface area contributed by atoms with E-state index >= 15 is 0 Å². The van der Waals surface area contributed by atoms with Gasteiger partial charge in [0.15, 0.2) is 0 Å². The molecule has 1 heterocycles. The minimum absolute atomic E-state index is 0.0125. The first-order valence-electron chi connectivity index (χ1n) is 6.18. The fourth-order valence-electron chi connectivity index (χ4n) is 2.95. The molecular formula is C12H22N2O. The molecular weight excluding hydrogens is 188 g/mol. The molecule has 0 aromatic heterocycles. The summed E-state index contributed by atoms with van der Waals surface area (Å²) in [6.07, 6.45) is 8.05. The molecule has 3 nitrogen and oxygen atoms in total. The van der Waals surface area contributed by atoms with Gasteiger partial charge < -0.3 is 15.4 Å². The molecule has 1 saturated carbocycles. The van der Waals surface area contributed by atoms with E-state index in [1.807, 2.05) is 0 Å². The SMILES string of the molecule is NC1CCN(CC2(C=O)CCCC2)CC1. The highest BCUT2D eigenvalue weighted by atomic mass is 16.1. The van der Waals surface area contributed by atoms with Gasteiger partial charge in [0.2, 0.25) is 0 Å². The fourth-order valence-corrected chi connectivity index (χ4v) is 2.95. The molecule has 86 valence electrons. The third kappa shape index (κ3) is 2.58. The Morgan fingerprint density at radius 1 is 1.27 bits per heavy atom. The quantitative estimate of drug-likeness (QED) is 0.711. The molecule has 1 aliphatic carbocycles. The zero-order valence-electron chi connectivity index (χ0n) is 9.45. The largest absolute Gasteiger partial charge is 0.328 e. The van der Waals surface area contributed by atoms with Gasteiger partial charge in [0.05, 0.1) is 0 Å². The molecule has 1 saturated heterocycles. The number of carbonyl (C=O) groups is 1. The van der Waals surface area contributed by atoms with Crippen LogP contribution >= 0.6 is 0 Å². The summed E-state index contributed by atoms with van der Waals surface area (Å²) in [5, 5.41) is 0. The van der Waals surface area contributed by atoms with Crippen molar-refractivity contribution in [1.29, 1.82) is 0 Å². The Bertz CT molecular complexity index is 216. The highest BCUT2D eigenvalue weighted by Gasteiger charge is 2.35. The van der Waals surface area contributed by atoms with Crippen molar-refractivity contribution in [3.63, 3.8) is 0 Å². The van der Waals surface area contributed by atoms with Crippen molar-refractivity contribution >= 4 is 6.29 Å². The molecule has 0 aromatic rings. The molecule has 0 atom stereocenters. The summed E-state index contributed by atoms with van der Waals surface area (Å²) in [4.78, 5) is 13.6. The molecule has 2 N–H and O–H groups in total. The van der Waals surface area contributed by atoms with Gasteiger partial charge in [0.1, 0.15) is 6.29 Å². The van der Waals surface area contributed by atoms with E-state index in [0.717, 1.165) is 45.3 Å². The van der Waals surface area contributed by atoms with Gasteiger partial charge in [-0.1, -0.05) is 12.8 Å². The van der Waals surface area contributed by atoms with Crippen LogP contribution in [0.25, 0.3) is 0 Å². The first kappa shape index (κ1) is 11.1. The summed E-state index contributed by atoms with van der Waals surface area (Å²) in [7, 11) is 0. The van der Waals surface area contributed by atoms with Gasteiger partial charge in [0, 0.05) is 18.0 Å². The van der Waals surface area contributed by atoms with E-state index in [4.69, 9.17) is 5.73 Å². The van der Waals surface area contributed by atoms with Gasteiger partial charge in [-0.3, -0.25) is 0 Å². The first-order chi connectivity index (χ1) is 7.24. The van der Waals surface area contributed by atoms with Gasteiger partial charge in [-0.25, -0.2) is 0 Å². The predicted molar refractivity (Wildman–Crippen MR) is 60.6 cm³/mol. The number of piperidine rings is 1. The Kier molecular flexibility index (Phi) is 3.42. The predicted octanol–water partition coefficient (Wildman–Crippen LogP) is 1.17. The second kappa shape index (κ2) is 4.62. The Hall–Kier alpha value is -0.410. The first-order valence-corrected chi connectivity index (χ1v) is 6.18. The molecule has 3 heteroatoms. The smallest absolute Gasteiger partial charge is 0.127 e. The molecule has 0 amide bonds. The third-order valence-corrected chi connectivity index (χ3v) is 4.02. The summed E-state index contributed by atoms with van der Waals surface area (Å²) in [5.74, 6) is 0. The standard InChI is InChI=1S/C12H22N2O/c13-11-3-7-14(8-4-11)9-12(10-15)5-1-2-6-12/h10-11H,1-9,13H2. The van der Waals surface area contributed by atoms with Crippen LogP contribution < -0.4 is 5.73 Å². The minimum Gasteiger partial charge on any atom is -0.328 e. The third-order valence-electron chi connectivity index (χ3n) is 4.02. The van der Waals surface area contributed by atoms with Crippen molar-refractivity contribution in [3.8, 4) is 0 Å². The topological polar surface area (TPSA) is 46.3 Å². The van der Waals surface area contributed by atoms with Crippen molar-refractivity contribution in [2.45, 2.75) is 44.6 Å². The molecule has 0 radical (unpaired) electrons. The fraction of sp³-hybridized carbons (Fsp3) is 0.917. The minimum atomic E-state index is -0.0125. The molecule has 0 spiro atoms. The van der Waals surface area contributed by atoms with Crippen molar-refractivity contribution in [1.82, 2.24) is 4.90 Å². The van der Waals surface area contributed by atoms with Gasteiger partial charge in [-0.2, -0.15) is 0 Å². The van der Waals surface area contributed by atoms with Gasteiger partial charge in [-0.05, 0) is 38.8 Å². The average Bonchev–Trinajstić information content (AvgIpc) is 2.71. The second-order valence-electron chi connectivity index (χ2n) is 5.30. The Morgan fingerprint density at radius 3 is 2.40 bits per heavy atom. The number of carbonyl (C=O) groups excluding carboxylic acids is 1. The monoisotopic (exact) mass is 210 g/mol. The number of hydrogen-bond acceptors (Lipinski definition) is 3. The van der Waals surface area contributed by atoms with Crippen molar-refractivity contribution in [2.75, 3.05) is 19.6 Å². The van der Waals surface area contributed by atoms with Crippen LogP contribution in [0.15, 0.2) is 0 Å². The summed E-state index contributed by atoms with van der Waals surface area (Å²) < 4.78 is 0. The van der Waals surface area contributed by atoms with Crippen molar-refractivity contribution in [3.05, 3.63) is 0 Å². The number of nitrogens with two attached hydrogens (primary N) is 1. The van der Waals surface area contributed by atoms with Crippen LogP contribution in [0.5, 0.6) is 0 Å². The molecule has 0 bridgehead atoms. The molecule has 15 heavy (non-hydrogen) atoms. The van der Waals surface area contributed by atoms with Gasteiger partial charge >= 0.3 is 0 Å². The molecule has 2 fully saturated rings. The van der Waals surface area contributed by atoms with Crippen LogP contribution in [0, 0.1) is 5.41 Å². The van der Waals surface area contributed by atoms with Gasteiger partial charge in [-0.15, -0.1) is 0 Å². The summed E-state index contributed by atoms with van der Waals surface area (Å²) >= 11 is 0. The lowest BCUT2D eigenvalue weighted by molar-refractivity contribution is -0.117. The molecule has 0 aromatic carbocycles. The van der Waals surface area contributed by atoms with Gasteiger partial charge in [0.25, 0.3) is 0 Å². The highest BCUT2D eigenvalue weighted by molar-refractivity contribution is 5.60. The number of hydrogen-bond donors (Lipinski definition) is 1. The van der Waals surface area contributed by atoms with Crippen LogP contribution in [0.3, 0.4) is 0 Å². The van der Waals surface area contributed by atoms with Crippen LogP contribution in [-0.2, 0) is 4.79 Å². The Morgan fingerprint density at radius 2 is 1.87 bits per heavy atom.